The van der Waals surface area contributed by atoms with E-state index in [4.69, 9.17) is 5.14 Å². The summed E-state index contributed by atoms with van der Waals surface area (Å²) in [7, 11) is -6.71. The minimum atomic E-state index is -4.12. The maximum atomic E-state index is 11.4. The van der Waals surface area contributed by atoms with E-state index in [1.54, 1.807) is 0 Å². The molecule has 9 heteroatoms. The Hall–Kier alpha value is -1.45. The molecule has 1 aromatic carbocycles. The lowest BCUT2D eigenvalue weighted by atomic mass is 10.2. The van der Waals surface area contributed by atoms with Crippen LogP contribution < -0.4 is 5.14 Å². The van der Waals surface area contributed by atoms with E-state index in [0.717, 1.165) is 31.6 Å². The van der Waals surface area contributed by atoms with Gasteiger partial charge in [-0.2, -0.15) is 0 Å². The third-order valence-corrected chi connectivity index (χ3v) is 4.04. The van der Waals surface area contributed by atoms with Gasteiger partial charge in [0, 0.05) is 6.26 Å². The van der Waals surface area contributed by atoms with Crippen LogP contribution in [-0.2, 0) is 24.6 Å². The predicted octanol–water partition coefficient (Wildman–Crippen LogP) is -0.476. The molecule has 100 valence electrons. The van der Waals surface area contributed by atoms with Crippen molar-refractivity contribution in [3.05, 3.63) is 23.8 Å². The molecule has 0 aliphatic carbocycles. The van der Waals surface area contributed by atoms with Crippen molar-refractivity contribution in [2.75, 3.05) is 13.4 Å². The van der Waals surface area contributed by atoms with Crippen molar-refractivity contribution in [1.82, 2.24) is 0 Å². The van der Waals surface area contributed by atoms with E-state index in [9.17, 15) is 21.6 Å². The summed E-state index contributed by atoms with van der Waals surface area (Å²) in [5.74, 6) is -0.856. The number of primary sulfonamides is 1. The molecule has 0 unspecified atom stereocenters. The van der Waals surface area contributed by atoms with Gasteiger partial charge in [-0.05, 0) is 18.2 Å². The summed E-state index contributed by atoms with van der Waals surface area (Å²) in [6, 6.07) is 2.86. The summed E-state index contributed by atoms with van der Waals surface area (Å²) in [5, 5.41) is 4.90. The van der Waals surface area contributed by atoms with Gasteiger partial charge in [0.2, 0.25) is 10.0 Å². The Morgan fingerprint density at radius 3 is 2.00 bits per heavy atom. The molecule has 1 aromatic rings. The highest BCUT2D eigenvalue weighted by Crippen LogP contribution is 2.18. The lowest BCUT2D eigenvalue weighted by Crippen LogP contribution is -2.15. The summed E-state index contributed by atoms with van der Waals surface area (Å²) >= 11 is 0. The van der Waals surface area contributed by atoms with Crippen molar-refractivity contribution in [3.8, 4) is 0 Å². The van der Waals surface area contributed by atoms with E-state index >= 15 is 0 Å². The van der Waals surface area contributed by atoms with Gasteiger partial charge in [0.15, 0.2) is 9.84 Å². The molecule has 0 heterocycles. The smallest absolute Gasteiger partial charge is 0.337 e. The predicted molar refractivity (Wildman–Crippen MR) is 62.3 cm³/mol. The average molecular weight is 293 g/mol. The second kappa shape index (κ2) is 4.67. The van der Waals surface area contributed by atoms with Gasteiger partial charge >= 0.3 is 5.97 Å². The zero-order valence-electron chi connectivity index (χ0n) is 9.58. The average Bonchev–Trinajstić information content (AvgIpc) is 2.25. The number of hydrogen-bond acceptors (Lipinski definition) is 6. The van der Waals surface area contributed by atoms with Crippen molar-refractivity contribution < 1.29 is 26.4 Å². The number of sulfone groups is 1. The number of benzene rings is 1. The van der Waals surface area contributed by atoms with Crippen molar-refractivity contribution >= 4 is 25.8 Å². The molecular formula is C9H11NO6S2. The van der Waals surface area contributed by atoms with Gasteiger partial charge in [0.1, 0.15) is 0 Å². The van der Waals surface area contributed by atoms with Crippen molar-refractivity contribution in [3.63, 3.8) is 0 Å². The van der Waals surface area contributed by atoms with Gasteiger partial charge < -0.3 is 4.74 Å². The summed E-state index contributed by atoms with van der Waals surface area (Å²) in [6.45, 7) is 0. The SMILES string of the molecule is COC(=O)c1cc(S(C)(=O)=O)cc(S(N)(=O)=O)c1. The number of hydrogen-bond donors (Lipinski definition) is 1. The molecule has 0 amide bonds. The molecule has 0 bridgehead atoms. The van der Waals surface area contributed by atoms with E-state index in [1.165, 1.54) is 0 Å². The molecule has 0 spiro atoms. The second-order valence-corrected chi connectivity index (χ2v) is 7.08. The molecule has 0 saturated carbocycles. The van der Waals surface area contributed by atoms with Crippen LogP contribution in [0, 0.1) is 0 Å². The molecular weight excluding hydrogens is 282 g/mol. The highest BCUT2D eigenvalue weighted by Gasteiger charge is 2.18. The van der Waals surface area contributed by atoms with Gasteiger partial charge in [-0.25, -0.2) is 26.8 Å². The van der Waals surface area contributed by atoms with E-state index in [1.807, 2.05) is 0 Å². The van der Waals surface area contributed by atoms with E-state index in [0.29, 0.717) is 0 Å². The fourth-order valence-electron chi connectivity index (χ4n) is 1.19. The molecule has 0 saturated heterocycles. The fraction of sp³-hybridized carbons (Fsp3) is 0.222. The second-order valence-electron chi connectivity index (χ2n) is 3.50. The van der Waals surface area contributed by atoms with Crippen LogP contribution in [0.15, 0.2) is 28.0 Å². The van der Waals surface area contributed by atoms with Gasteiger partial charge in [-0.1, -0.05) is 0 Å². The number of nitrogens with two attached hydrogens (primary N) is 1. The zero-order valence-corrected chi connectivity index (χ0v) is 11.2. The van der Waals surface area contributed by atoms with Gasteiger partial charge in [-0.15, -0.1) is 0 Å². The summed E-state index contributed by atoms with van der Waals surface area (Å²) in [6.07, 6.45) is 0.885. The van der Waals surface area contributed by atoms with Crippen LogP contribution in [-0.4, -0.2) is 36.2 Å². The van der Waals surface area contributed by atoms with E-state index in [2.05, 4.69) is 4.74 Å². The molecule has 7 nitrogen and oxygen atoms in total. The largest absolute Gasteiger partial charge is 0.465 e. The lowest BCUT2D eigenvalue weighted by Gasteiger charge is -2.06. The van der Waals surface area contributed by atoms with Gasteiger partial charge in [-0.3, -0.25) is 0 Å². The maximum Gasteiger partial charge on any atom is 0.337 e. The number of carbonyl (C=O) groups is 1. The van der Waals surface area contributed by atoms with E-state index < -0.39 is 30.7 Å². The highest BCUT2D eigenvalue weighted by atomic mass is 32.2. The van der Waals surface area contributed by atoms with Crippen LogP contribution in [0.4, 0.5) is 0 Å². The Kier molecular flexibility index (Phi) is 3.79. The minimum absolute atomic E-state index is 0.204. The molecule has 0 aromatic heterocycles. The van der Waals surface area contributed by atoms with Gasteiger partial charge in [0.05, 0.1) is 22.5 Å². The van der Waals surface area contributed by atoms with Crippen LogP contribution in [0.1, 0.15) is 10.4 Å². The quantitative estimate of drug-likeness (QED) is 0.752. The standard InChI is InChI=1S/C9H11NO6S2/c1-16-9(11)6-3-7(17(2,12)13)5-8(4-6)18(10,14)15/h3-5H,1-2H3,(H2,10,14,15). The number of methoxy groups -OCH3 is 1. The van der Waals surface area contributed by atoms with Crippen LogP contribution in [0.25, 0.3) is 0 Å². The van der Waals surface area contributed by atoms with Crippen LogP contribution in [0.3, 0.4) is 0 Å². The zero-order chi connectivity index (χ0) is 14.1. The third kappa shape index (κ3) is 3.28. The lowest BCUT2D eigenvalue weighted by molar-refractivity contribution is 0.0600. The normalized spacial score (nSPS) is 12.2. The van der Waals surface area contributed by atoms with Crippen LogP contribution in [0.5, 0.6) is 0 Å². The molecule has 0 radical (unpaired) electrons. The number of sulfonamides is 1. The summed E-state index contributed by atoms with van der Waals surface area (Å²) in [4.78, 5) is 10.5. The first-order valence-corrected chi connectivity index (χ1v) is 7.96. The van der Waals surface area contributed by atoms with Crippen molar-refractivity contribution in [2.45, 2.75) is 9.79 Å². The first-order valence-electron chi connectivity index (χ1n) is 4.52. The molecule has 2 N–H and O–H groups in total. The van der Waals surface area contributed by atoms with Crippen molar-refractivity contribution in [1.29, 1.82) is 0 Å². The molecule has 1 rings (SSSR count). The Balaban J connectivity index is 3.64. The topological polar surface area (TPSA) is 121 Å². The number of carbonyl (C=O) groups excluding carboxylic acids is 1. The first kappa shape index (κ1) is 14.6. The maximum absolute atomic E-state index is 11.4. The Morgan fingerprint density at radius 2 is 1.61 bits per heavy atom. The Labute approximate surface area is 105 Å². The number of rotatable bonds is 3. The van der Waals surface area contributed by atoms with Crippen LogP contribution >= 0.6 is 0 Å². The minimum Gasteiger partial charge on any atom is -0.465 e. The summed E-state index contributed by atoms with van der Waals surface area (Å²) in [5.41, 5.74) is -0.204. The first-order chi connectivity index (χ1) is 8.05. The summed E-state index contributed by atoms with van der Waals surface area (Å²) < 4.78 is 49.6. The molecule has 18 heavy (non-hydrogen) atoms. The Morgan fingerprint density at radius 1 is 1.11 bits per heavy atom. The Bertz CT molecular complexity index is 640. The highest BCUT2D eigenvalue weighted by molar-refractivity contribution is 7.91. The number of esters is 1. The molecule has 0 atom stereocenters. The fourth-order valence-corrected chi connectivity index (χ4v) is 2.52. The molecule has 0 aliphatic rings. The molecule has 0 aliphatic heterocycles. The molecule has 0 fully saturated rings. The monoisotopic (exact) mass is 293 g/mol. The van der Waals surface area contributed by atoms with E-state index in [-0.39, 0.29) is 10.5 Å². The number of ether oxygens (including phenoxy) is 1. The van der Waals surface area contributed by atoms with Crippen LogP contribution in [0.2, 0.25) is 0 Å². The van der Waals surface area contributed by atoms with Gasteiger partial charge in [0.25, 0.3) is 0 Å². The third-order valence-electron chi connectivity index (χ3n) is 2.06. The van der Waals surface area contributed by atoms with Crippen molar-refractivity contribution in [2.24, 2.45) is 5.14 Å².